The number of carbonyl (C=O) groups is 2. The normalized spacial score (nSPS) is 10.7. The third kappa shape index (κ3) is 3.94. The van der Waals surface area contributed by atoms with Gasteiger partial charge in [0.2, 0.25) is 0 Å². The smallest absolute Gasteiger partial charge is 0.336 e. The number of esters is 1. The molecule has 0 bridgehead atoms. The number of aryl methyl sites for hydroxylation is 1. The van der Waals surface area contributed by atoms with Gasteiger partial charge in [0.05, 0.1) is 6.26 Å². The molecule has 8 heteroatoms. The van der Waals surface area contributed by atoms with Gasteiger partial charge < -0.3 is 18.9 Å². The van der Waals surface area contributed by atoms with Crippen molar-refractivity contribution in [2.24, 2.45) is 0 Å². The van der Waals surface area contributed by atoms with E-state index in [1.54, 1.807) is 25.1 Å². The van der Waals surface area contributed by atoms with Crippen molar-refractivity contribution in [2.45, 2.75) is 13.5 Å². The second-order valence-electron chi connectivity index (χ2n) is 5.51. The highest BCUT2D eigenvalue weighted by Crippen LogP contribution is 2.25. The van der Waals surface area contributed by atoms with Gasteiger partial charge in [0.25, 0.3) is 5.91 Å². The Kier molecular flexibility index (Phi) is 5.09. The minimum atomic E-state index is -0.662. The molecule has 0 atom stereocenters. The first-order chi connectivity index (χ1) is 12.4. The molecule has 0 aliphatic heterocycles. The fraction of sp³-hybridized carbons (Fsp3) is 0.167. The summed E-state index contributed by atoms with van der Waals surface area (Å²) >= 11 is 6.11. The van der Waals surface area contributed by atoms with E-state index in [1.165, 1.54) is 18.4 Å². The molecule has 134 valence electrons. The van der Waals surface area contributed by atoms with Crippen molar-refractivity contribution in [3.05, 3.63) is 68.9 Å². The molecule has 26 heavy (non-hydrogen) atoms. The molecule has 0 saturated carbocycles. The number of hydrogen-bond donors (Lipinski definition) is 1. The molecule has 3 aromatic rings. The summed E-state index contributed by atoms with van der Waals surface area (Å²) in [5, 5.41) is 3.46. The Morgan fingerprint density at radius 1 is 1.27 bits per heavy atom. The summed E-state index contributed by atoms with van der Waals surface area (Å²) in [7, 11) is 0. The summed E-state index contributed by atoms with van der Waals surface area (Å²) in [6.07, 6.45) is 1.35. The van der Waals surface area contributed by atoms with Gasteiger partial charge >= 0.3 is 11.6 Å². The van der Waals surface area contributed by atoms with E-state index in [2.05, 4.69) is 5.32 Å². The van der Waals surface area contributed by atoms with E-state index >= 15 is 0 Å². The number of furan rings is 1. The Morgan fingerprint density at radius 3 is 2.81 bits per heavy atom. The molecular formula is C18H14ClNO6. The van der Waals surface area contributed by atoms with E-state index < -0.39 is 17.5 Å². The second kappa shape index (κ2) is 7.45. The zero-order valence-corrected chi connectivity index (χ0v) is 14.5. The predicted octanol–water partition coefficient (Wildman–Crippen LogP) is 2.82. The second-order valence-corrected chi connectivity index (χ2v) is 5.92. The van der Waals surface area contributed by atoms with Gasteiger partial charge in [-0.2, -0.15) is 0 Å². The van der Waals surface area contributed by atoms with Crippen LogP contribution in [-0.4, -0.2) is 18.4 Å². The van der Waals surface area contributed by atoms with Crippen LogP contribution in [0, 0.1) is 6.92 Å². The Morgan fingerprint density at radius 2 is 2.08 bits per heavy atom. The minimum Gasteiger partial charge on any atom is -0.459 e. The molecule has 0 fully saturated rings. The summed E-state index contributed by atoms with van der Waals surface area (Å²) in [4.78, 5) is 35.2. The van der Waals surface area contributed by atoms with Crippen LogP contribution < -0.4 is 10.9 Å². The van der Waals surface area contributed by atoms with Crippen molar-refractivity contribution in [1.29, 1.82) is 0 Å². The van der Waals surface area contributed by atoms with Crippen LogP contribution in [0.4, 0.5) is 0 Å². The fourth-order valence-corrected chi connectivity index (χ4v) is 2.49. The quantitative estimate of drug-likeness (QED) is 0.544. The van der Waals surface area contributed by atoms with Crippen LogP contribution >= 0.6 is 11.6 Å². The van der Waals surface area contributed by atoms with Gasteiger partial charge in [-0.15, -0.1) is 0 Å². The van der Waals surface area contributed by atoms with Crippen LogP contribution in [0.2, 0.25) is 5.02 Å². The highest BCUT2D eigenvalue weighted by atomic mass is 35.5. The number of ether oxygens (including phenoxy) is 1. The SMILES string of the molecule is Cc1cc2oc(=O)cc(COC(=O)CNC(=O)c3ccco3)c2cc1Cl. The minimum absolute atomic E-state index is 0.0921. The molecule has 2 heterocycles. The lowest BCUT2D eigenvalue weighted by molar-refractivity contribution is -0.143. The lowest BCUT2D eigenvalue weighted by atomic mass is 10.1. The molecule has 0 unspecified atom stereocenters. The molecule has 2 aromatic heterocycles. The predicted molar refractivity (Wildman–Crippen MR) is 93.1 cm³/mol. The Hall–Kier alpha value is -3.06. The highest BCUT2D eigenvalue weighted by Gasteiger charge is 2.13. The zero-order valence-electron chi connectivity index (χ0n) is 13.7. The molecule has 3 rings (SSSR count). The Balaban J connectivity index is 1.67. The number of benzene rings is 1. The van der Waals surface area contributed by atoms with Crippen LogP contribution in [0.1, 0.15) is 21.7 Å². The standard InChI is InChI=1S/C18H14ClNO6/c1-10-5-15-12(7-13(10)19)11(6-16(21)26-15)9-25-17(22)8-20-18(23)14-3-2-4-24-14/h2-7H,8-9H2,1H3,(H,20,23). The first-order valence-electron chi connectivity index (χ1n) is 7.64. The molecule has 7 nitrogen and oxygen atoms in total. The van der Waals surface area contributed by atoms with Crippen LogP contribution in [0.3, 0.4) is 0 Å². The maximum Gasteiger partial charge on any atom is 0.336 e. The number of fused-ring (bicyclic) bond motifs is 1. The van der Waals surface area contributed by atoms with Crippen LogP contribution in [0.25, 0.3) is 11.0 Å². The van der Waals surface area contributed by atoms with E-state index in [1.807, 2.05) is 0 Å². The van der Waals surface area contributed by atoms with E-state index in [0.717, 1.165) is 5.56 Å². The summed E-state index contributed by atoms with van der Waals surface area (Å²) in [6, 6.07) is 7.57. The third-order valence-electron chi connectivity index (χ3n) is 3.64. The maximum absolute atomic E-state index is 11.8. The van der Waals surface area contributed by atoms with Gasteiger partial charge in [0, 0.05) is 22.0 Å². The van der Waals surface area contributed by atoms with Gasteiger partial charge in [-0.3, -0.25) is 9.59 Å². The molecule has 0 spiro atoms. The van der Waals surface area contributed by atoms with Crippen LogP contribution in [-0.2, 0) is 16.1 Å². The van der Waals surface area contributed by atoms with Gasteiger partial charge in [0.1, 0.15) is 18.7 Å². The van der Waals surface area contributed by atoms with Crippen molar-refractivity contribution in [3.63, 3.8) is 0 Å². The van der Waals surface area contributed by atoms with Crippen molar-refractivity contribution in [3.8, 4) is 0 Å². The number of amides is 1. The number of hydrogen-bond acceptors (Lipinski definition) is 6. The number of nitrogens with one attached hydrogen (secondary N) is 1. The van der Waals surface area contributed by atoms with Gasteiger partial charge in [-0.25, -0.2) is 4.79 Å². The number of carbonyl (C=O) groups excluding carboxylic acids is 2. The Bertz CT molecular complexity index is 1020. The van der Waals surface area contributed by atoms with E-state index in [9.17, 15) is 14.4 Å². The summed E-state index contributed by atoms with van der Waals surface area (Å²) in [5.41, 5.74) is 1.02. The molecule has 0 radical (unpaired) electrons. The highest BCUT2D eigenvalue weighted by molar-refractivity contribution is 6.32. The summed E-state index contributed by atoms with van der Waals surface area (Å²) in [6.45, 7) is 1.30. The summed E-state index contributed by atoms with van der Waals surface area (Å²) in [5.74, 6) is -1.10. The van der Waals surface area contributed by atoms with Crippen LogP contribution in [0.5, 0.6) is 0 Å². The van der Waals surface area contributed by atoms with E-state index in [-0.39, 0.29) is 18.9 Å². The molecule has 0 saturated heterocycles. The lowest BCUT2D eigenvalue weighted by Gasteiger charge is -2.09. The number of halogens is 1. The summed E-state index contributed by atoms with van der Waals surface area (Å²) < 4.78 is 15.2. The van der Waals surface area contributed by atoms with Crippen molar-refractivity contribution in [1.82, 2.24) is 5.32 Å². The monoisotopic (exact) mass is 375 g/mol. The maximum atomic E-state index is 11.8. The number of rotatable bonds is 5. The van der Waals surface area contributed by atoms with Gasteiger partial charge in [-0.1, -0.05) is 11.6 Å². The molecule has 1 amide bonds. The first-order valence-corrected chi connectivity index (χ1v) is 8.02. The van der Waals surface area contributed by atoms with Crippen molar-refractivity contribution >= 4 is 34.4 Å². The van der Waals surface area contributed by atoms with Gasteiger partial charge in [0.15, 0.2) is 5.76 Å². The molecule has 0 aliphatic rings. The first kappa shape index (κ1) is 17.8. The van der Waals surface area contributed by atoms with E-state index in [4.69, 9.17) is 25.2 Å². The Labute approximate surface area is 152 Å². The van der Waals surface area contributed by atoms with E-state index in [0.29, 0.717) is 21.6 Å². The largest absolute Gasteiger partial charge is 0.459 e. The topological polar surface area (TPSA) is 98.7 Å². The van der Waals surface area contributed by atoms with Crippen molar-refractivity contribution < 1.29 is 23.2 Å². The van der Waals surface area contributed by atoms with Gasteiger partial charge in [-0.05, 0) is 36.8 Å². The molecule has 1 aromatic carbocycles. The third-order valence-corrected chi connectivity index (χ3v) is 4.04. The fourth-order valence-electron chi connectivity index (χ4n) is 2.32. The molecule has 1 N–H and O–H groups in total. The lowest BCUT2D eigenvalue weighted by Crippen LogP contribution is -2.30. The van der Waals surface area contributed by atoms with Crippen molar-refractivity contribution in [2.75, 3.05) is 6.54 Å². The average Bonchev–Trinajstić information content (AvgIpc) is 3.14. The molecule has 0 aliphatic carbocycles. The average molecular weight is 376 g/mol. The van der Waals surface area contributed by atoms with Crippen LogP contribution in [0.15, 0.2) is 50.2 Å². The zero-order chi connectivity index (χ0) is 18.7. The molecular weight excluding hydrogens is 362 g/mol.